The summed E-state index contributed by atoms with van der Waals surface area (Å²) in [5.41, 5.74) is 0. The van der Waals surface area contributed by atoms with Gasteiger partial charge in [0.25, 0.3) is 0 Å². The highest BCUT2D eigenvalue weighted by Gasteiger charge is 2.08. The maximum absolute atomic E-state index is 11.0. The van der Waals surface area contributed by atoms with Gasteiger partial charge in [-0.2, -0.15) is 0 Å². The minimum atomic E-state index is -1.43. The van der Waals surface area contributed by atoms with Crippen molar-refractivity contribution in [2.75, 3.05) is 0 Å². The van der Waals surface area contributed by atoms with Crippen molar-refractivity contribution >= 4 is 47.8 Å². The second kappa shape index (κ2) is 15.2. The van der Waals surface area contributed by atoms with E-state index in [1.54, 1.807) is 0 Å². The van der Waals surface area contributed by atoms with Crippen LogP contribution in [-0.2, 0) is 47.8 Å². The summed E-state index contributed by atoms with van der Waals surface area (Å²) in [4.78, 5) is 83.0. The number of esters is 4. The van der Waals surface area contributed by atoms with E-state index in [1.807, 2.05) is 0 Å². The van der Waals surface area contributed by atoms with Crippen molar-refractivity contribution < 1.29 is 68.3 Å². The molecule has 0 aliphatic heterocycles. The van der Waals surface area contributed by atoms with Gasteiger partial charge in [-0.3, -0.25) is 0 Å². The minimum Gasteiger partial charge on any atom is -0.478 e. The molecule has 0 rings (SSSR count). The first-order chi connectivity index (χ1) is 13.8. The van der Waals surface area contributed by atoms with Crippen LogP contribution in [0.1, 0.15) is 0 Å². The summed E-state index contributed by atoms with van der Waals surface area (Å²) in [5.74, 6) is -10.6. The summed E-state index contributed by atoms with van der Waals surface area (Å²) in [6, 6.07) is 0. The fraction of sp³-hybridized carbons (Fsp3) is 0. The first kappa shape index (κ1) is 27.3. The molecule has 0 aromatic rings. The van der Waals surface area contributed by atoms with Gasteiger partial charge in [0, 0.05) is 48.6 Å². The first-order valence-electron chi connectivity index (χ1n) is 6.99. The first-order valence-corrected chi connectivity index (χ1v) is 6.99. The molecule has 30 heavy (non-hydrogen) atoms. The third-order valence-electron chi connectivity index (χ3n) is 1.85. The number of carboxylic acid groups (broad SMARTS) is 4. The Morgan fingerprint density at radius 1 is 0.367 bits per heavy atom. The van der Waals surface area contributed by atoms with Crippen molar-refractivity contribution in [1.82, 2.24) is 0 Å². The van der Waals surface area contributed by atoms with Crippen LogP contribution in [0, 0.1) is 0 Å². The van der Waals surface area contributed by atoms with E-state index in [9.17, 15) is 38.4 Å². The molecular formula is C16H12O14. The van der Waals surface area contributed by atoms with Crippen LogP contribution in [-0.4, -0.2) is 68.2 Å². The molecule has 0 aromatic carbocycles. The Balaban J connectivity index is 0. The fourth-order valence-electron chi connectivity index (χ4n) is 0.892. The summed E-state index contributed by atoms with van der Waals surface area (Å²) < 4.78 is 8.07. The van der Waals surface area contributed by atoms with E-state index in [0.717, 1.165) is 0 Å². The van der Waals surface area contributed by atoms with Gasteiger partial charge in [-0.25, -0.2) is 38.4 Å². The molecule has 0 amide bonds. The molecule has 14 nitrogen and oxygen atoms in total. The molecule has 4 N–H and O–H groups in total. The average Bonchev–Trinajstić information content (AvgIpc) is 2.62. The third kappa shape index (κ3) is 21.2. The number of carbonyl (C=O) groups excluding carboxylic acids is 4. The Labute approximate surface area is 165 Å². The van der Waals surface area contributed by atoms with Crippen molar-refractivity contribution in [2.24, 2.45) is 0 Å². The largest absolute Gasteiger partial charge is 0.478 e. The Morgan fingerprint density at radius 2 is 0.533 bits per heavy atom. The van der Waals surface area contributed by atoms with E-state index < -0.39 is 47.8 Å². The molecule has 0 heterocycles. The van der Waals surface area contributed by atoms with E-state index in [-0.39, 0.29) is 0 Å². The standard InChI is InChI=1S/C12H8O10.C4H4O4/c13-7(14)1-3-9(17)21-11(19)5-6-12(20)22-10(18)4-2-8(15)16;5-3(6)1-2-4(7)8/h1-6H,(H,13,14)(H,15,16);1-2H,(H,5,6)(H,7,8)/b3-1+,4-2+,6-5-;2-1-. The van der Waals surface area contributed by atoms with E-state index in [0.29, 0.717) is 48.6 Å². The molecule has 0 saturated carbocycles. The van der Waals surface area contributed by atoms with Gasteiger partial charge in [0.15, 0.2) is 0 Å². The second-order valence-electron chi connectivity index (χ2n) is 4.17. The molecule has 14 heteroatoms. The van der Waals surface area contributed by atoms with Crippen LogP contribution in [0.4, 0.5) is 0 Å². The van der Waals surface area contributed by atoms with E-state index >= 15 is 0 Å². The van der Waals surface area contributed by atoms with Crippen LogP contribution in [0.15, 0.2) is 48.6 Å². The highest BCUT2D eigenvalue weighted by molar-refractivity contribution is 6.03. The molecule has 0 unspecified atom stereocenters. The number of aliphatic carboxylic acids is 4. The number of ether oxygens (including phenoxy) is 2. The smallest absolute Gasteiger partial charge is 0.338 e. The van der Waals surface area contributed by atoms with Crippen LogP contribution in [0.3, 0.4) is 0 Å². The van der Waals surface area contributed by atoms with Crippen molar-refractivity contribution in [3.63, 3.8) is 0 Å². The lowest BCUT2D eigenvalue weighted by Gasteiger charge is -1.95. The molecule has 160 valence electrons. The lowest BCUT2D eigenvalue weighted by atomic mass is 10.4. The van der Waals surface area contributed by atoms with Crippen LogP contribution in [0.5, 0.6) is 0 Å². The highest BCUT2D eigenvalue weighted by atomic mass is 16.6. The van der Waals surface area contributed by atoms with E-state index in [2.05, 4.69) is 9.47 Å². The summed E-state index contributed by atoms with van der Waals surface area (Å²) in [6.07, 6.45) is 3.80. The van der Waals surface area contributed by atoms with Crippen LogP contribution >= 0.6 is 0 Å². The summed E-state index contributed by atoms with van der Waals surface area (Å²) in [5, 5.41) is 32.0. The van der Waals surface area contributed by atoms with Crippen LogP contribution < -0.4 is 0 Å². The molecule has 0 saturated heterocycles. The maximum atomic E-state index is 11.0. The van der Waals surface area contributed by atoms with Crippen molar-refractivity contribution in [3.05, 3.63) is 48.6 Å². The SMILES string of the molecule is O=C(O)/C=C/C(=O)OC(=O)/C=C\C(=O)OC(=O)/C=C/C(=O)O.O=C(O)/C=C\C(=O)O. The van der Waals surface area contributed by atoms with Crippen molar-refractivity contribution in [3.8, 4) is 0 Å². The van der Waals surface area contributed by atoms with Gasteiger partial charge in [0.2, 0.25) is 0 Å². The zero-order valence-electron chi connectivity index (χ0n) is 14.5. The number of rotatable bonds is 8. The molecule has 0 aliphatic carbocycles. The molecule has 0 spiro atoms. The lowest BCUT2D eigenvalue weighted by Crippen LogP contribution is -2.11. The number of carbonyl (C=O) groups is 8. The van der Waals surface area contributed by atoms with Gasteiger partial charge in [-0.1, -0.05) is 0 Å². The zero-order valence-corrected chi connectivity index (χ0v) is 14.5. The van der Waals surface area contributed by atoms with Gasteiger partial charge in [-0.15, -0.1) is 0 Å². The Hall–Kier alpha value is -4.88. The zero-order chi connectivity index (χ0) is 23.7. The van der Waals surface area contributed by atoms with E-state index in [4.69, 9.17) is 20.4 Å². The van der Waals surface area contributed by atoms with Gasteiger partial charge in [-0.05, 0) is 0 Å². The quantitative estimate of drug-likeness (QED) is 0.199. The summed E-state index contributed by atoms with van der Waals surface area (Å²) >= 11 is 0. The van der Waals surface area contributed by atoms with Gasteiger partial charge < -0.3 is 29.9 Å². The number of hydrogen-bond acceptors (Lipinski definition) is 10. The molecule has 0 aromatic heterocycles. The van der Waals surface area contributed by atoms with Crippen molar-refractivity contribution in [1.29, 1.82) is 0 Å². The maximum Gasteiger partial charge on any atom is 0.338 e. The molecule has 0 fully saturated rings. The number of carboxylic acids is 4. The third-order valence-corrected chi connectivity index (χ3v) is 1.85. The fourth-order valence-corrected chi connectivity index (χ4v) is 0.892. The Morgan fingerprint density at radius 3 is 0.733 bits per heavy atom. The molecule has 0 aliphatic rings. The topological polar surface area (TPSA) is 236 Å². The molecular weight excluding hydrogens is 416 g/mol. The Bertz CT molecular complexity index is 772. The van der Waals surface area contributed by atoms with Crippen LogP contribution in [0.2, 0.25) is 0 Å². The van der Waals surface area contributed by atoms with E-state index in [1.165, 1.54) is 0 Å². The predicted molar refractivity (Wildman–Crippen MR) is 89.3 cm³/mol. The highest BCUT2D eigenvalue weighted by Crippen LogP contribution is 1.90. The Kier molecular flexibility index (Phi) is 13.9. The molecule has 0 bridgehead atoms. The predicted octanol–water partition coefficient (Wildman–Crippen LogP) is -1.32. The average molecular weight is 428 g/mol. The number of hydrogen-bond donors (Lipinski definition) is 4. The monoisotopic (exact) mass is 428 g/mol. The van der Waals surface area contributed by atoms with Crippen LogP contribution in [0.25, 0.3) is 0 Å². The summed E-state index contributed by atoms with van der Waals surface area (Å²) in [7, 11) is 0. The van der Waals surface area contributed by atoms with Gasteiger partial charge in [0.1, 0.15) is 0 Å². The molecule has 0 atom stereocenters. The second-order valence-corrected chi connectivity index (χ2v) is 4.17. The van der Waals surface area contributed by atoms with Crippen molar-refractivity contribution in [2.45, 2.75) is 0 Å². The van der Waals surface area contributed by atoms with Gasteiger partial charge >= 0.3 is 47.8 Å². The molecule has 0 radical (unpaired) electrons. The van der Waals surface area contributed by atoms with Gasteiger partial charge in [0.05, 0.1) is 0 Å². The lowest BCUT2D eigenvalue weighted by molar-refractivity contribution is -0.155. The normalized spacial score (nSPS) is 10.4. The minimum absolute atomic E-state index is 0.432. The summed E-state index contributed by atoms with van der Waals surface area (Å²) in [6.45, 7) is 0.